The molecule has 0 aliphatic rings. The summed E-state index contributed by atoms with van der Waals surface area (Å²) in [7, 11) is 0. The molecule has 1 aromatic rings. The number of ketones is 1. The average molecular weight is 245 g/mol. The normalized spacial score (nSPS) is 9.39. The molecule has 0 amide bonds. The topological polar surface area (TPSA) is 89.6 Å². The molecule has 0 fully saturated rings. The van der Waals surface area contributed by atoms with Gasteiger partial charge in [0.25, 0.3) is 0 Å². The Morgan fingerprint density at radius 1 is 1.39 bits per heavy atom. The SMILES string of the molecule is CC(=O)c1cc(OCCCC(=O)O)ccc1N.[LiH]. The van der Waals surface area contributed by atoms with Gasteiger partial charge in [-0.15, -0.1) is 0 Å². The Bertz CT molecular complexity index is 434. The van der Waals surface area contributed by atoms with Gasteiger partial charge in [-0.25, -0.2) is 0 Å². The van der Waals surface area contributed by atoms with Crippen molar-refractivity contribution in [2.75, 3.05) is 12.3 Å². The van der Waals surface area contributed by atoms with Crippen LogP contribution in [0.2, 0.25) is 0 Å². The summed E-state index contributed by atoms with van der Waals surface area (Å²) in [5, 5.41) is 8.45. The number of ether oxygens (including phenoxy) is 1. The third-order valence-electron chi connectivity index (χ3n) is 2.21. The van der Waals surface area contributed by atoms with E-state index < -0.39 is 5.97 Å². The van der Waals surface area contributed by atoms with Crippen molar-refractivity contribution in [2.45, 2.75) is 19.8 Å². The number of aliphatic carboxylic acids is 1. The first-order valence-electron chi connectivity index (χ1n) is 5.25. The number of anilines is 1. The predicted octanol–water partition coefficient (Wildman–Crippen LogP) is 1.07. The van der Waals surface area contributed by atoms with Crippen LogP contribution in [0, 0.1) is 0 Å². The van der Waals surface area contributed by atoms with Crippen LogP contribution in [0.1, 0.15) is 30.1 Å². The summed E-state index contributed by atoms with van der Waals surface area (Å²) < 4.78 is 5.33. The fraction of sp³-hybridized carbons (Fsp3) is 0.333. The van der Waals surface area contributed by atoms with E-state index in [4.69, 9.17) is 15.6 Å². The zero-order chi connectivity index (χ0) is 12.8. The van der Waals surface area contributed by atoms with Crippen LogP contribution in [0.15, 0.2) is 18.2 Å². The van der Waals surface area contributed by atoms with Gasteiger partial charge in [0.05, 0.1) is 6.61 Å². The van der Waals surface area contributed by atoms with E-state index in [2.05, 4.69) is 0 Å². The van der Waals surface area contributed by atoms with Gasteiger partial charge in [-0.2, -0.15) is 0 Å². The molecule has 0 aliphatic heterocycles. The predicted molar refractivity (Wildman–Crippen MR) is 70.4 cm³/mol. The molecule has 0 aliphatic carbocycles. The van der Waals surface area contributed by atoms with Crippen LogP contribution in [-0.2, 0) is 4.79 Å². The molecule has 3 N–H and O–H groups in total. The van der Waals surface area contributed by atoms with Gasteiger partial charge in [0, 0.05) is 17.7 Å². The van der Waals surface area contributed by atoms with Crippen LogP contribution in [0.5, 0.6) is 5.75 Å². The van der Waals surface area contributed by atoms with Crippen LogP contribution < -0.4 is 10.5 Å². The standard InChI is InChI=1S/C12H15NO4.Li.H/c1-8(14)10-7-9(4-5-11(10)13)17-6-2-3-12(15)16;;/h4-5,7H,2-3,6,13H2,1H3,(H,15,16);;. The van der Waals surface area contributed by atoms with Crippen molar-refractivity contribution in [3.05, 3.63) is 23.8 Å². The van der Waals surface area contributed by atoms with Crippen LogP contribution >= 0.6 is 0 Å². The number of carboxylic acids is 1. The number of nitrogen functional groups attached to an aromatic ring is 1. The first kappa shape index (κ1) is 16.6. The Morgan fingerprint density at radius 2 is 2.06 bits per heavy atom. The van der Waals surface area contributed by atoms with E-state index >= 15 is 0 Å². The van der Waals surface area contributed by atoms with E-state index in [-0.39, 0.29) is 31.1 Å². The van der Waals surface area contributed by atoms with Crippen molar-refractivity contribution in [1.82, 2.24) is 0 Å². The molecule has 0 spiro atoms. The number of hydrogen-bond donors (Lipinski definition) is 2. The number of hydrogen-bond acceptors (Lipinski definition) is 4. The van der Waals surface area contributed by atoms with E-state index in [9.17, 15) is 9.59 Å². The molecular weight excluding hydrogens is 229 g/mol. The number of carbonyl (C=O) groups is 2. The van der Waals surface area contributed by atoms with Crippen molar-refractivity contribution in [1.29, 1.82) is 0 Å². The fourth-order valence-corrected chi connectivity index (χ4v) is 1.34. The van der Waals surface area contributed by atoms with Crippen molar-refractivity contribution in [3.8, 4) is 5.75 Å². The van der Waals surface area contributed by atoms with E-state index in [0.717, 1.165) is 0 Å². The molecule has 0 bridgehead atoms. The van der Waals surface area contributed by atoms with Crippen LogP contribution in [0.4, 0.5) is 5.69 Å². The minimum atomic E-state index is -0.852. The average Bonchev–Trinajstić information content (AvgIpc) is 2.25. The number of carboxylic acid groups (broad SMARTS) is 1. The molecule has 0 atom stereocenters. The van der Waals surface area contributed by atoms with Gasteiger partial charge in [-0.3, -0.25) is 9.59 Å². The summed E-state index contributed by atoms with van der Waals surface area (Å²) in [6.45, 7) is 1.73. The first-order chi connectivity index (χ1) is 8.00. The molecule has 0 radical (unpaired) electrons. The number of carbonyl (C=O) groups excluding carboxylic acids is 1. The van der Waals surface area contributed by atoms with Gasteiger partial charge in [0.1, 0.15) is 5.75 Å². The van der Waals surface area contributed by atoms with Crippen molar-refractivity contribution < 1.29 is 19.4 Å². The van der Waals surface area contributed by atoms with E-state index in [0.29, 0.717) is 30.0 Å². The molecular formula is C12H16LiNO4. The van der Waals surface area contributed by atoms with E-state index in [1.165, 1.54) is 6.92 Å². The maximum atomic E-state index is 11.2. The summed E-state index contributed by atoms with van der Waals surface area (Å²) in [4.78, 5) is 21.5. The summed E-state index contributed by atoms with van der Waals surface area (Å²) in [6, 6.07) is 4.82. The number of nitrogens with two attached hydrogens (primary N) is 1. The third-order valence-corrected chi connectivity index (χ3v) is 2.21. The minimum absolute atomic E-state index is 0. The Morgan fingerprint density at radius 3 is 2.61 bits per heavy atom. The third kappa shape index (κ3) is 5.26. The molecule has 1 rings (SSSR count). The Labute approximate surface area is 117 Å². The van der Waals surface area contributed by atoms with Crippen LogP contribution in [-0.4, -0.2) is 42.3 Å². The Kier molecular flexibility index (Phi) is 7.18. The second kappa shape index (κ2) is 7.80. The monoisotopic (exact) mass is 245 g/mol. The second-order valence-electron chi connectivity index (χ2n) is 3.65. The van der Waals surface area contributed by atoms with Crippen molar-refractivity contribution >= 4 is 36.3 Å². The molecule has 0 aromatic heterocycles. The summed E-state index contributed by atoms with van der Waals surface area (Å²) in [6.07, 6.45) is 0.490. The second-order valence-corrected chi connectivity index (χ2v) is 3.65. The van der Waals surface area contributed by atoms with Gasteiger partial charge < -0.3 is 15.6 Å². The van der Waals surface area contributed by atoms with Gasteiger partial charge in [0.2, 0.25) is 0 Å². The van der Waals surface area contributed by atoms with Crippen molar-refractivity contribution in [2.24, 2.45) is 0 Å². The van der Waals surface area contributed by atoms with E-state index in [1.807, 2.05) is 0 Å². The quantitative estimate of drug-likeness (QED) is 0.338. The van der Waals surface area contributed by atoms with Crippen LogP contribution in [0.3, 0.4) is 0 Å². The molecule has 6 heteroatoms. The molecule has 18 heavy (non-hydrogen) atoms. The molecule has 5 nitrogen and oxygen atoms in total. The fourth-order valence-electron chi connectivity index (χ4n) is 1.34. The Balaban J connectivity index is 0.00000289. The zero-order valence-electron chi connectivity index (χ0n) is 9.60. The number of Topliss-reactive ketones (excluding diaryl/α,β-unsaturated/α-hetero) is 1. The summed E-state index contributed by atoms with van der Waals surface area (Å²) >= 11 is 0. The first-order valence-corrected chi connectivity index (χ1v) is 5.25. The molecule has 0 unspecified atom stereocenters. The zero-order valence-corrected chi connectivity index (χ0v) is 9.60. The number of benzene rings is 1. The van der Waals surface area contributed by atoms with Crippen molar-refractivity contribution in [3.63, 3.8) is 0 Å². The molecule has 0 heterocycles. The summed E-state index contributed by atoms with van der Waals surface area (Å²) in [5.74, 6) is -0.455. The maximum absolute atomic E-state index is 11.2. The van der Waals surface area contributed by atoms with Gasteiger partial charge in [-0.1, -0.05) is 0 Å². The molecule has 1 aromatic carbocycles. The summed E-state index contributed by atoms with van der Waals surface area (Å²) in [5.41, 5.74) is 6.46. The van der Waals surface area contributed by atoms with Gasteiger partial charge >= 0.3 is 24.8 Å². The Hall–Kier alpha value is -1.44. The molecule has 0 saturated carbocycles. The van der Waals surface area contributed by atoms with Crippen LogP contribution in [0.25, 0.3) is 0 Å². The van der Waals surface area contributed by atoms with Gasteiger partial charge in [-0.05, 0) is 31.5 Å². The number of rotatable bonds is 6. The van der Waals surface area contributed by atoms with E-state index in [1.54, 1.807) is 18.2 Å². The molecule has 0 saturated heterocycles. The van der Waals surface area contributed by atoms with Gasteiger partial charge in [0.15, 0.2) is 5.78 Å². The molecule has 94 valence electrons.